The summed E-state index contributed by atoms with van der Waals surface area (Å²) in [5.74, 6) is 1.14. The van der Waals surface area contributed by atoms with Crippen LogP contribution in [-0.2, 0) is 11.0 Å². The highest BCUT2D eigenvalue weighted by atomic mass is 28.2. The van der Waals surface area contributed by atoms with Gasteiger partial charge in [0.2, 0.25) is 0 Å². The molecule has 0 saturated heterocycles. The highest BCUT2D eigenvalue weighted by Gasteiger charge is 2.14. The van der Waals surface area contributed by atoms with Crippen molar-refractivity contribution in [3.05, 3.63) is 65.2 Å². The first-order valence-corrected chi connectivity index (χ1v) is 9.11. The van der Waals surface area contributed by atoms with Crippen LogP contribution in [-0.4, -0.2) is 9.76 Å². The van der Waals surface area contributed by atoms with Gasteiger partial charge in [-0.3, -0.25) is 0 Å². The minimum absolute atomic E-state index is 0.562. The van der Waals surface area contributed by atoms with Crippen LogP contribution >= 0.6 is 0 Å². The summed E-state index contributed by atoms with van der Waals surface area (Å²) in [5.41, 5.74) is 4.27. The lowest BCUT2D eigenvalue weighted by atomic mass is 9.91. The Kier molecular flexibility index (Phi) is 5.77. The van der Waals surface area contributed by atoms with E-state index in [1.807, 2.05) is 6.07 Å². The quantitative estimate of drug-likeness (QED) is 0.736. The third-order valence-corrected chi connectivity index (χ3v) is 5.13. The molecule has 0 heterocycles. The summed E-state index contributed by atoms with van der Waals surface area (Å²) in [4.78, 5) is 0. The normalized spacial score (nSPS) is 11.9. The summed E-state index contributed by atoms with van der Waals surface area (Å²) in [7, 11) is -0.680. The third-order valence-electron chi connectivity index (χ3n) is 3.80. The minimum atomic E-state index is -0.680. The summed E-state index contributed by atoms with van der Waals surface area (Å²) >= 11 is 0. The van der Waals surface area contributed by atoms with Crippen LogP contribution in [0.2, 0.25) is 0 Å². The van der Waals surface area contributed by atoms with E-state index in [4.69, 9.17) is 4.43 Å². The Labute approximate surface area is 131 Å². The maximum Gasteiger partial charge on any atom is 0.193 e. The molecule has 0 aliphatic heterocycles. The van der Waals surface area contributed by atoms with Crippen molar-refractivity contribution >= 4 is 14.9 Å². The molecule has 0 aliphatic rings. The van der Waals surface area contributed by atoms with E-state index in [0.29, 0.717) is 11.8 Å². The van der Waals surface area contributed by atoms with E-state index < -0.39 is 9.76 Å². The van der Waals surface area contributed by atoms with E-state index in [-0.39, 0.29) is 0 Å². The molecule has 0 fully saturated rings. The molecule has 21 heavy (non-hydrogen) atoms. The Hall–Kier alpha value is -1.38. The Bertz CT molecular complexity index is 561. The van der Waals surface area contributed by atoms with Crippen molar-refractivity contribution in [3.63, 3.8) is 0 Å². The molecule has 2 aromatic rings. The summed E-state index contributed by atoms with van der Waals surface area (Å²) in [6.07, 6.45) is 0. The molecule has 0 saturated carbocycles. The van der Waals surface area contributed by atoms with Gasteiger partial charge in [0.15, 0.2) is 9.76 Å². The molecule has 0 aliphatic carbocycles. The van der Waals surface area contributed by atoms with Gasteiger partial charge in [-0.1, -0.05) is 76.2 Å². The predicted octanol–water partition coefficient (Wildman–Crippen LogP) is 3.86. The lowest BCUT2D eigenvalue weighted by Crippen LogP contribution is -2.24. The maximum absolute atomic E-state index is 6.07. The molecule has 0 atom stereocenters. The van der Waals surface area contributed by atoms with E-state index in [1.54, 1.807) is 0 Å². The zero-order valence-corrected chi connectivity index (χ0v) is 15.0. The lowest BCUT2D eigenvalue weighted by molar-refractivity contribution is 0.330. The Morgan fingerprint density at radius 3 is 2.19 bits per heavy atom. The molecule has 0 unspecified atom stereocenters. The summed E-state index contributed by atoms with van der Waals surface area (Å²) < 4.78 is 6.07. The van der Waals surface area contributed by atoms with Gasteiger partial charge in [-0.25, -0.2) is 0 Å². The Balaban J connectivity index is 2.11. The van der Waals surface area contributed by atoms with Crippen LogP contribution in [0.1, 0.15) is 56.2 Å². The van der Waals surface area contributed by atoms with Crippen molar-refractivity contribution < 1.29 is 4.43 Å². The molecule has 2 heteroatoms. The predicted molar refractivity (Wildman–Crippen MR) is 94.0 cm³/mol. The zero-order valence-electron chi connectivity index (χ0n) is 13.6. The average Bonchev–Trinajstić information content (AvgIpc) is 2.47. The standard InChI is InChI=1S/C19H26OSi/c1-14(2)17-11-8-12-18(19(17)15(3)4)21-20-13-16-9-6-5-7-10-16/h5-12,14-15H,13,21H2,1-4H3. The van der Waals surface area contributed by atoms with Crippen molar-refractivity contribution in [1.82, 2.24) is 0 Å². The van der Waals surface area contributed by atoms with E-state index in [2.05, 4.69) is 70.2 Å². The number of hydrogen-bond acceptors (Lipinski definition) is 1. The van der Waals surface area contributed by atoms with Gasteiger partial charge < -0.3 is 4.43 Å². The topological polar surface area (TPSA) is 9.23 Å². The van der Waals surface area contributed by atoms with Crippen LogP contribution in [0.4, 0.5) is 0 Å². The monoisotopic (exact) mass is 298 g/mol. The minimum Gasteiger partial charge on any atom is -0.414 e. The van der Waals surface area contributed by atoms with Gasteiger partial charge in [0.05, 0.1) is 6.61 Å². The van der Waals surface area contributed by atoms with Crippen LogP contribution < -0.4 is 5.19 Å². The average molecular weight is 299 g/mol. The molecule has 0 bridgehead atoms. The molecule has 2 aromatic carbocycles. The van der Waals surface area contributed by atoms with Crippen molar-refractivity contribution in [2.24, 2.45) is 0 Å². The van der Waals surface area contributed by atoms with Gasteiger partial charge in [-0.15, -0.1) is 0 Å². The zero-order chi connectivity index (χ0) is 15.2. The van der Waals surface area contributed by atoms with E-state index >= 15 is 0 Å². The Morgan fingerprint density at radius 1 is 0.857 bits per heavy atom. The maximum atomic E-state index is 6.07. The van der Waals surface area contributed by atoms with Crippen molar-refractivity contribution in [2.45, 2.75) is 46.1 Å². The molecule has 0 N–H and O–H groups in total. The second kappa shape index (κ2) is 7.58. The Morgan fingerprint density at radius 2 is 1.57 bits per heavy atom. The summed E-state index contributed by atoms with van der Waals surface area (Å²) in [6, 6.07) is 17.2. The molecule has 0 aromatic heterocycles. The molecule has 0 radical (unpaired) electrons. The van der Waals surface area contributed by atoms with Crippen LogP contribution in [0.25, 0.3) is 0 Å². The molecule has 2 rings (SSSR count). The lowest BCUT2D eigenvalue weighted by Gasteiger charge is -2.20. The first-order chi connectivity index (χ1) is 10.1. The summed E-state index contributed by atoms with van der Waals surface area (Å²) in [5, 5.41) is 1.46. The molecule has 112 valence electrons. The largest absolute Gasteiger partial charge is 0.414 e. The van der Waals surface area contributed by atoms with Gasteiger partial charge in [0.1, 0.15) is 0 Å². The molecular formula is C19H26OSi. The fourth-order valence-electron chi connectivity index (χ4n) is 2.82. The van der Waals surface area contributed by atoms with Crippen molar-refractivity contribution in [1.29, 1.82) is 0 Å². The van der Waals surface area contributed by atoms with Crippen LogP contribution in [0.5, 0.6) is 0 Å². The van der Waals surface area contributed by atoms with Crippen LogP contribution in [0, 0.1) is 0 Å². The number of hydrogen-bond donors (Lipinski definition) is 0. The van der Waals surface area contributed by atoms with Gasteiger partial charge in [-0.2, -0.15) is 0 Å². The van der Waals surface area contributed by atoms with Crippen molar-refractivity contribution in [2.75, 3.05) is 0 Å². The van der Waals surface area contributed by atoms with E-state index in [1.165, 1.54) is 21.9 Å². The van der Waals surface area contributed by atoms with Gasteiger partial charge in [0.25, 0.3) is 0 Å². The molecular weight excluding hydrogens is 272 g/mol. The second-order valence-corrected chi connectivity index (χ2v) is 7.67. The molecule has 0 amide bonds. The fraction of sp³-hybridized carbons (Fsp3) is 0.368. The fourth-order valence-corrected chi connectivity index (χ4v) is 4.38. The first kappa shape index (κ1) is 16.0. The van der Waals surface area contributed by atoms with E-state index in [9.17, 15) is 0 Å². The first-order valence-electron chi connectivity index (χ1n) is 7.83. The molecule has 1 nitrogen and oxygen atoms in total. The van der Waals surface area contributed by atoms with Gasteiger partial charge in [0, 0.05) is 0 Å². The SMILES string of the molecule is CC(C)c1cccc([SiH2]OCc2ccccc2)c1C(C)C. The van der Waals surface area contributed by atoms with E-state index in [0.717, 1.165) is 6.61 Å². The molecule has 0 spiro atoms. The second-order valence-electron chi connectivity index (χ2n) is 6.21. The number of benzene rings is 2. The third kappa shape index (κ3) is 4.29. The highest BCUT2D eigenvalue weighted by Crippen LogP contribution is 2.24. The van der Waals surface area contributed by atoms with Crippen LogP contribution in [0.3, 0.4) is 0 Å². The van der Waals surface area contributed by atoms with Crippen LogP contribution in [0.15, 0.2) is 48.5 Å². The van der Waals surface area contributed by atoms with Crippen molar-refractivity contribution in [3.8, 4) is 0 Å². The number of rotatable bonds is 6. The summed E-state index contributed by atoms with van der Waals surface area (Å²) in [6.45, 7) is 9.86. The highest BCUT2D eigenvalue weighted by molar-refractivity contribution is 6.47. The van der Waals surface area contributed by atoms with Gasteiger partial charge in [-0.05, 0) is 33.7 Å². The van der Waals surface area contributed by atoms with Gasteiger partial charge >= 0.3 is 0 Å². The smallest absolute Gasteiger partial charge is 0.193 e.